The van der Waals surface area contributed by atoms with Crippen LogP contribution in [-0.2, 0) is 16.4 Å². The lowest BCUT2D eigenvalue weighted by Gasteiger charge is -2.13. The molecule has 0 aliphatic carbocycles. The molecule has 0 saturated carbocycles. The number of amides is 1. The van der Waals surface area contributed by atoms with Crippen LogP contribution in [0, 0.1) is 6.92 Å². The highest BCUT2D eigenvalue weighted by Gasteiger charge is 2.31. The second kappa shape index (κ2) is 5.81. The lowest BCUT2D eigenvalue weighted by molar-refractivity contribution is 0.0780. The molecule has 26 heavy (non-hydrogen) atoms. The van der Waals surface area contributed by atoms with Gasteiger partial charge in [0.25, 0.3) is 5.91 Å². The van der Waals surface area contributed by atoms with Gasteiger partial charge < -0.3 is 4.90 Å². The summed E-state index contributed by atoms with van der Waals surface area (Å²) in [6.45, 7) is 5.38. The van der Waals surface area contributed by atoms with Gasteiger partial charge >= 0.3 is 0 Å². The van der Waals surface area contributed by atoms with Gasteiger partial charge in [-0.05, 0) is 52.6 Å². The maximum Gasteiger partial charge on any atom is 0.255 e. The maximum absolute atomic E-state index is 13.0. The first-order chi connectivity index (χ1) is 12.3. The summed E-state index contributed by atoms with van der Waals surface area (Å²) in [6, 6.07) is 11.3. The quantitative estimate of drug-likeness (QED) is 0.656. The Kier molecular flexibility index (Phi) is 3.81. The predicted molar refractivity (Wildman–Crippen MR) is 104 cm³/mol. The molecule has 0 spiro atoms. The minimum absolute atomic E-state index is 0.0739. The van der Waals surface area contributed by atoms with E-state index in [9.17, 15) is 13.2 Å². The standard InChI is InChI=1S/C21H21NO3S/c1-4-9-22-12-19-15-8-6-14(26(3,24)25)11-18(15)17-10-13(2)5-7-16(17)20(19)21(22)23/h5-8,10-11H,4,9,12H2,1-3H3. The normalized spacial score (nSPS) is 14.4. The van der Waals surface area contributed by atoms with E-state index < -0.39 is 9.84 Å². The van der Waals surface area contributed by atoms with Crippen molar-refractivity contribution < 1.29 is 13.2 Å². The van der Waals surface area contributed by atoms with E-state index in [1.165, 1.54) is 6.26 Å². The first-order valence-corrected chi connectivity index (χ1v) is 10.7. The second-order valence-corrected chi connectivity index (χ2v) is 9.12. The molecule has 1 amide bonds. The van der Waals surface area contributed by atoms with Gasteiger partial charge in [0.15, 0.2) is 9.84 Å². The maximum atomic E-state index is 13.0. The third kappa shape index (κ3) is 2.50. The molecule has 3 aromatic rings. The van der Waals surface area contributed by atoms with E-state index in [-0.39, 0.29) is 5.91 Å². The van der Waals surface area contributed by atoms with Gasteiger partial charge in [-0.15, -0.1) is 0 Å². The summed E-state index contributed by atoms with van der Waals surface area (Å²) < 4.78 is 24.1. The van der Waals surface area contributed by atoms with Gasteiger partial charge in [0.1, 0.15) is 0 Å². The van der Waals surface area contributed by atoms with Crippen molar-refractivity contribution >= 4 is 37.3 Å². The number of carbonyl (C=O) groups excluding carboxylic acids is 1. The summed E-state index contributed by atoms with van der Waals surface area (Å²) in [5.74, 6) is 0.0739. The van der Waals surface area contributed by atoms with E-state index in [4.69, 9.17) is 0 Å². The molecule has 134 valence electrons. The summed E-state index contributed by atoms with van der Waals surface area (Å²) in [4.78, 5) is 15.2. The largest absolute Gasteiger partial charge is 0.334 e. The summed E-state index contributed by atoms with van der Waals surface area (Å²) in [5, 5.41) is 3.72. The molecule has 0 radical (unpaired) electrons. The van der Waals surface area contributed by atoms with Gasteiger partial charge in [-0.25, -0.2) is 8.42 Å². The molecule has 5 heteroatoms. The fourth-order valence-electron chi connectivity index (χ4n) is 3.92. The Hall–Kier alpha value is -2.40. The smallest absolute Gasteiger partial charge is 0.255 e. The summed E-state index contributed by atoms with van der Waals surface area (Å²) in [5.41, 5.74) is 2.86. The number of sulfone groups is 1. The van der Waals surface area contributed by atoms with Crippen LogP contribution in [0.5, 0.6) is 0 Å². The molecule has 0 aromatic heterocycles. The molecule has 0 bridgehead atoms. The number of rotatable bonds is 3. The Bertz CT molecular complexity index is 1180. The van der Waals surface area contributed by atoms with Gasteiger partial charge in [0.2, 0.25) is 0 Å². The van der Waals surface area contributed by atoms with Crippen LogP contribution in [0.1, 0.15) is 34.8 Å². The summed E-state index contributed by atoms with van der Waals surface area (Å²) >= 11 is 0. The number of hydrogen-bond acceptors (Lipinski definition) is 3. The van der Waals surface area contributed by atoms with Crippen molar-refractivity contribution in [2.75, 3.05) is 12.8 Å². The molecule has 0 N–H and O–H groups in total. The number of carbonyl (C=O) groups is 1. The van der Waals surface area contributed by atoms with Crippen molar-refractivity contribution in [3.63, 3.8) is 0 Å². The van der Waals surface area contributed by atoms with Gasteiger partial charge in [0, 0.05) is 19.3 Å². The number of benzene rings is 3. The van der Waals surface area contributed by atoms with E-state index in [0.29, 0.717) is 11.4 Å². The number of hydrogen-bond donors (Lipinski definition) is 0. The second-order valence-electron chi connectivity index (χ2n) is 7.11. The van der Waals surface area contributed by atoms with Gasteiger partial charge in [0.05, 0.1) is 10.5 Å². The highest BCUT2D eigenvalue weighted by atomic mass is 32.2. The van der Waals surface area contributed by atoms with Crippen LogP contribution in [0.15, 0.2) is 41.3 Å². The number of fused-ring (bicyclic) bond motifs is 6. The molecule has 4 nitrogen and oxygen atoms in total. The molecule has 0 atom stereocenters. The lowest BCUT2D eigenvalue weighted by atomic mass is 9.92. The van der Waals surface area contributed by atoms with Gasteiger partial charge in [-0.2, -0.15) is 0 Å². The highest BCUT2D eigenvalue weighted by Crippen LogP contribution is 2.39. The van der Waals surface area contributed by atoms with Crippen molar-refractivity contribution in [2.45, 2.75) is 31.7 Å². The van der Waals surface area contributed by atoms with Crippen LogP contribution < -0.4 is 0 Å². The molecule has 3 aromatic carbocycles. The van der Waals surface area contributed by atoms with Crippen LogP contribution in [0.4, 0.5) is 0 Å². The monoisotopic (exact) mass is 367 g/mol. The van der Waals surface area contributed by atoms with Crippen molar-refractivity contribution in [1.29, 1.82) is 0 Å². The van der Waals surface area contributed by atoms with Gasteiger partial charge in [-0.1, -0.05) is 36.8 Å². The predicted octanol–water partition coefficient (Wildman–Crippen LogP) is 4.07. The molecule has 1 aliphatic heterocycles. The molecule has 0 fully saturated rings. The van der Waals surface area contributed by atoms with E-state index in [0.717, 1.165) is 51.2 Å². The van der Waals surface area contributed by atoms with Crippen LogP contribution in [0.3, 0.4) is 0 Å². The van der Waals surface area contributed by atoms with E-state index in [2.05, 4.69) is 6.92 Å². The van der Waals surface area contributed by atoms with Gasteiger partial charge in [-0.3, -0.25) is 4.79 Å². The Morgan fingerprint density at radius 2 is 1.69 bits per heavy atom. The Morgan fingerprint density at radius 3 is 2.38 bits per heavy atom. The minimum atomic E-state index is -3.29. The first-order valence-electron chi connectivity index (χ1n) is 8.79. The zero-order valence-corrected chi connectivity index (χ0v) is 16.0. The van der Waals surface area contributed by atoms with E-state index in [1.54, 1.807) is 12.1 Å². The molecule has 1 heterocycles. The zero-order chi connectivity index (χ0) is 18.6. The fraction of sp³-hybridized carbons (Fsp3) is 0.286. The van der Waals surface area contributed by atoms with E-state index >= 15 is 0 Å². The topological polar surface area (TPSA) is 54.5 Å². The Morgan fingerprint density at radius 1 is 1.00 bits per heavy atom. The molecule has 1 aliphatic rings. The summed E-state index contributed by atoms with van der Waals surface area (Å²) in [6.07, 6.45) is 2.13. The summed E-state index contributed by atoms with van der Waals surface area (Å²) in [7, 11) is -3.29. The lowest BCUT2D eigenvalue weighted by Crippen LogP contribution is -2.24. The number of aryl methyl sites for hydroxylation is 1. The number of nitrogens with zero attached hydrogens (tertiary/aromatic N) is 1. The molecular formula is C21H21NO3S. The molecule has 0 saturated heterocycles. The molecule has 4 rings (SSSR count). The minimum Gasteiger partial charge on any atom is -0.334 e. The van der Waals surface area contributed by atoms with Crippen molar-refractivity contribution in [3.05, 3.63) is 53.1 Å². The average Bonchev–Trinajstić information content (AvgIpc) is 2.91. The van der Waals surface area contributed by atoms with Crippen LogP contribution in [0.25, 0.3) is 21.5 Å². The third-order valence-corrected chi connectivity index (χ3v) is 6.23. The third-order valence-electron chi connectivity index (χ3n) is 5.12. The van der Waals surface area contributed by atoms with Crippen LogP contribution in [-0.4, -0.2) is 32.0 Å². The first kappa shape index (κ1) is 17.0. The highest BCUT2D eigenvalue weighted by molar-refractivity contribution is 7.90. The Labute approximate surface area is 153 Å². The van der Waals surface area contributed by atoms with Crippen LogP contribution >= 0.6 is 0 Å². The van der Waals surface area contributed by atoms with Crippen molar-refractivity contribution in [2.24, 2.45) is 0 Å². The Balaban J connectivity index is 2.14. The van der Waals surface area contributed by atoms with Crippen LogP contribution in [0.2, 0.25) is 0 Å². The fourth-order valence-corrected chi connectivity index (χ4v) is 4.56. The van der Waals surface area contributed by atoms with Crippen molar-refractivity contribution in [1.82, 2.24) is 4.90 Å². The van der Waals surface area contributed by atoms with E-state index in [1.807, 2.05) is 36.1 Å². The van der Waals surface area contributed by atoms with Crippen molar-refractivity contribution in [3.8, 4) is 0 Å². The molecular weight excluding hydrogens is 346 g/mol. The average molecular weight is 367 g/mol. The SMILES string of the molecule is CCCN1Cc2c(c3ccc(C)cc3c3cc(S(C)(=O)=O)ccc23)C1=O. The zero-order valence-electron chi connectivity index (χ0n) is 15.2. The molecule has 0 unspecified atom stereocenters.